The van der Waals surface area contributed by atoms with Crippen molar-refractivity contribution in [2.24, 2.45) is 0 Å². The predicted octanol–water partition coefficient (Wildman–Crippen LogP) is 4.75. The van der Waals surface area contributed by atoms with Crippen molar-refractivity contribution in [3.05, 3.63) is 88.5 Å². The second-order valence-corrected chi connectivity index (χ2v) is 8.22. The number of methoxy groups -OCH3 is 1. The molecule has 0 aliphatic carbocycles. The first-order valence-corrected chi connectivity index (χ1v) is 11.0. The van der Waals surface area contributed by atoms with E-state index in [0.29, 0.717) is 52.3 Å². The summed E-state index contributed by atoms with van der Waals surface area (Å²) in [6, 6.07) is 17.6. The van der Waals surface area contributed by atoms with Gasteiger partial charge in [0, 0.05) is 22.3 Å². The summed E-state index contributed by atoms with van der Waals surface area (Å²) in [5.41, 5.74) is 1.37. The highest BCUT2D eigenvalue weighted by Crippen LogP contribution is 2.44. The van der Waals surface area contributed by atoms with Crippen molar-refractivity contribution in [3.63, 3.8) is 0 Å². The number of ketones is 1. The van der Waals surface area contributed by atoms with Gasteiger partial charge in [0.25, 0.3) is 11.7 Å². The molecular weight excluding hydrogens is 458 g/mol. The second kappa shape index (κ2) is 8.76. The summed E-state index contributed by atoms with van der Waals surface area (Å²) in [7, 11) is 1.55. The van der Waals surface area contributed by atoms with Gasteiger partial charge in [0.05, 0.1) is 18.7 Å². The van der Waals surface area contributed by atoms with Crippen molar-refractivity contribution in [2.45, 2.75) is 6.04 Å². The van der Waals surface area contributed by atoms with Crippen molar-refractivity contribution in [3.8, 4) is 17.2 Å². The third-order valence-electron chi connectivity index (χ3n) is 5.78. The number of anilines is 1. The highest BCUT2D eigenvalue weighted by molar-refractivity contribution is 6.51. The molecule has 1 atom stereocenters. The molecule has 8 heteroatoms. The Hall–Kier alpha value is -3.97. The highest BCUT2D eigenvalue weighted by Gasteiger charge is 2.47. The van der Waals surface area contributed by atoms with E-state index in [9.17, 15) is 14.7 Å². The topological polar surface area (TPSA) is 85.3 Å². The summed E-state index contributed by atoms with van der Waals surface area (Å²) in [4.78, 5) is 27.9. The zero-order valence-electron chi connectivity index (χ0n) is 18.2. The molecule has 0 aromatic heterocycles. The quantitative estimate of drug-likeness (QED) is 0.332. The summed E-state index contributed by atoms with van der Waals surface area (Å²) in [5.74, 6) is -0.202. The van der Waals surface area contributed by atoms with E-state index in [4.69, 9.17) is 25.8 Å². The third-order valence-corrected chi connectivity index (χ3v) is 6.01. The molecule has 172 valence electrons. The fraction of sp³-hybridized carbons (Fsp3) is 0.154. The highest BCUT2D eigenvalue weighted by atomic mass is 35.5. The zero-order valence-corrected chi connectivity index (χ0v) is 18.9. The van der Waals surface area contributed by atoms with Gasteiger partial charge in [0.1, 0.15) is 24.7 Å². The molecule has 34 heavy (non-hydrogen) atoms. The Morgan fingerprint density at radius 2 is 1.74 bits per heavy atom. The molecule has 2 aliphatic heterocycles. The molecule has 2 heterocycles. The number of aliphatic hydroxyl groups is 1. The van der Waals surface area contributed by atoms with E-state index < -0.39 is 17.7 Å². The van der Waals surface area contributed by atoms with Crippen molar-refractivity contribution in [1.82, 2.24) is 0 Å². The molecule has 3 aromatic rings. The summed E-state index contributed by atoms with van der Waals surface area (Å²) < 4.78 is 16.5. The molecule has 0 spiro atoms. The normalized spacial score (nSPS) is 18.8. The second-order valence-electron chi connectivity index (χ2n) is 7.78. The van der Waals surface area contributed by atoms with Crippen LogP contribution >= 0.6 is 11.6 Å². The maximum Gasteiger partial charge on any atom is 0.300 e. The molecular formula is C26H20ClNO6. The summed E-state index contributed by atoms with van der Waals surface area (Å²) in [6.45, 7) is 0.814. The Labute approximate surface area is 200 Å². The van der Waals surface area contributed by atoms with Crippen LogP contribution in [0, 0.1) is 0 Å². The third kappa shape index (κ3) is 3.74. The van der Waals surface area contributed by atoms with Gasteiger partial charge in [-0.3, -0.25) is 14.5 Å². The van der Waals surface area contributed by atoms with Crippen LogP contribution in [0.15, 0.2) is 72.3 Å². The number of rotatable bonds is 4. The monoisotopic (exact) mass is 477 g/mol. The van der Waals surface area contributed by atoms with Gasteiger partial charge in [-0.2, -0.15) is 0 Å². The Balaban J connectivity index is 1.69. The van der Waals surface area contributed by atoms with Gasteiger partial charge in [-0.25, -0.2) is 0 Å². The Morgan fingerprint density at radius 3 is 2.44 bits per heavy atom. The van der Waals surface area contributed by atoms with Crippen LogP contribution in [0.2, 0.25) is 5.02 Å². The average molecular weight is 478 g/mol. The molecule has 0 saturated carbocycles. The van der Waals surface area contributed by atoms with E-state index in [1.807, 2.05) is 0 Å². The molecule has 0 bridgehead atoms. The lowest BCUT2D eigenvalue weighted by Gasteiger charge is -2.27. The molecule has 0 radical (unpaired) electrons. The Bertz CT molecular complexity index is 1320. The van der Waals surface area contributed by atoms with Crippen LogP contribution in [0.5, 0.6) is 17.2 Å². The van der Waals surface area contributed by atoms with Gasteiger partial charge >= 0.3 is 0 Å². The SMILES string of the molecule is COc1ccc(C2/C(=C(\O)c3cccc(Cl)c3)C(=O)C(=O)N2c2ccc3c(c2)OCCO3)cc1. The Morgan fingerprint density at radius 1 is 1.00 bits per heavy atom. The van der Waals surface area contributed by atoms with Crippen LogP contribution in [0.3, 0.4) is 0 Å². The smallest absolute Gasteiger partial charge is 0.300 e. The minimum Gasteiger partial charge on any atom is -0.507 e. The van der Waals surface area contributed by atoms with Gasteiger partial charge in [-0.15, -0.1) is 0 Å². The zero-order chi connectivity index (χ0) is 23.8. The fourth-order valence-corrected chi connectivity index (χ4v) is 4.36. The number of ether oxygens (including phenoxy) is 3. The van der Waals surface area contributed by atoms with Gasteiger partial charge in [0.15, 0.2) is 11.5 Å². The lowest BCUT2D eigenvalue weighted by Crippen LogP contribution is -2.29. The number of fused-ring (bicyclic) bond motifs is 1. The lowest BCUT2D eigenvalue weighted by molar-refractivity contribution is -0.132. The molecule has 7 nitrogen and oxygen atoms in total. The van der Waals surface area contributed by atoms with Gasteiger partial charge in [-0.05, 0) is 42.0 Å². The van der Waals surface area contributed by atoms with E-state index in [2.05, 4.69) is 0 Å². The van der Waals surface area contributed by atoms with E-state index in [1.54, 1.807) is 73.8 Å². The summed E-state index contributed by atoms with van der Waals surface area (Å²) >= 11 is 6.10. The molecule has 1 saturated heterocycles. The van der Waals surface area contributed by atoms with Crippen LogP contribution in [0.25, 0.3) is 5.76 Å². The molecule has 1 N–H and O–H groups in total. The van der Waals surface area contributed by atoms with E-state index >= 15 is 0 Å². The average Bonchev–Trinajstić information content (AvgIpc) is 3.13. The molecule has 1 fully saturated rings. The maximum absolute atomic E-state index is 13.3. The minimum absolute atomic E-state index is 0.0349. The molecule has 1 unspecified atom stereocenters. The van der Waals surface area contributed by atoms with Crippen LogP contribution in [-0.4, -0.2) is 37.1 Å². The van der Waals surface area contributed by atoms with Crippen molar-refractivity contribution in [2.75, 3.05) is 25.2 Å². The van der Waals surface area contributed by atoms with Crippen LogP contribution < -0.4 is 19.1 Å². The number of carbonyl (C=O) groups excluding carboxylic acids is 2. The Kier molecular flexibility index (Phi) is 5.63. The largest absolute Gasteiger partial charge is 0.507 e. The van der Waals surface area contributed by atoms with Gasteiger partial charge in [0.2, 0.25) is 0 Å². The van der Waals surface area contributed by atoms with Crippen molar-refractivity contribution in [1.29, 1.82) is 0 Å². The van der Waals surface area contributed by atoms with Gasteiger partial charge < -0.3 is 19.3 Å². The fourth-order valence-electron chi connectivity index (χ4n) is 4.17. The minimum atomic E-state index is -0.882. The number of hydrogen-bond donors (Lipinski definition) is 1. The number of benzene rings is 3. The first-order valence-electron chi connectivity index (χ1n) is 10.6. The first kappa shape index (κ1) is 21.9. The summed E-state index contributed by atoms with van der Waals surface area (Å²) in [6.07, 6.45) is 0. The van der Waals surface area contributed by atoms with Crippen LogP contribution in [0.1, 0.15) is 17.2 Å². The number of hydrogen-bond acceptors (Lipinski definition) is 6. The maximum atomic E-state index is 13.3. The van der Waals surface area contributed by atoms with Crippen LogP contribution in [-0.2, 0) is 9.59 Å². The van der Waals surface area contributed by atoms with E-state index in [1.165, 1.54) is 4.90 Å². The molecule has 5 rings (SSSR count). The number of Topliss-reactive ketones (excluding diaryl/α,β-unsaturated/α-hetero) is 1. The molecule has 3 aromatic carbocycles. The van der Waals surface area contributed by atoms with E-state index in [-0.39, 0.29) is 11.3 Å². The number of carbonyl (C=O) groups is 2. The summed E-state index contributed by atoms with van der Waals surface area (Å²) in [5, 5.41) is 11.6. The van der Waals surface area contributed by atoms with E-state index in [0.717, 1.165) is 0 Å². The molecule has 1 amide bonds. The molecule has 2 aliphatic rings. The van der Waals surface area contributed by atoms with Crippen LogP contribution in [0.4, 0.5) is 5.69 Å². The van der Waals surface area contributed by atoms with Gasteiger partial charge in [-0.1, -0.05) is 35.9 Å². The number of amides is 1. The first-order chi connectivity index (χ1) is 16.5. The van der Waals surface area contributed by atoms with Crippen molar-refractivity contribution >= 4 is 34.7 Å². The number of halogens is 1. The predicted molar refractivity (Wildman–Crippen MR) is 127 cm³/mol. The lowest BCUT2D eigenvalue weighted by atomic mass is 9.95. The standard InChI is InChI=1S/C26H20ClNO6/c1-32-19-8-5-15(6-9-19)23-22(24(29)16-3-2-4-17(27)13-16)25(30)26(31)28(23)18-7-10-20-21(14-18)34-12-11-33-20/h2-10,13-14,23,29H,11-12H2,1H3/b24-22+. The van der Waals surface area contributed by atoms with Crippen molar-refractivity contribution < 1.29 is 28.9 Å². The number of aliphatic hydroxyl groups excluding tert-OH is 1. The number of nitrogens with zero attached hydrogens (tertiary/aromatic N) is 1.